The van der Waals surface area contributed by atoms with E-state index in [-0.39, 0.29) is 15.5 Å². The van der Waals surface area contributed by atoms with E-state index < -0.39 is 10.0 Å². The summed E-state index contributed by atoms with van der Waals surface area (Å²) in [5.74, 6) is 0.254. The highest BCUT2D eigenvalue weighted by molar-refractivity contribution is 7.92. The van der Waals surface area contributed by atoms with Gasteiger partial charge in [-0.2, -0.15) is 0 Å². The summed E-state index contributed by atoms with van der Waals surface area (Å²) in [4.78, 5) is 4.88. The molecule has 1 fully saturated rings. The normalized spacial score (nSPS) is 14.9. The number of para-hydroxylation sites is 1. The highest BCUT2D eigenvalue weighted by atomic mass is 35.5. The summed E-state index contributed by atoms with van der Waals surface area (Å²) in [6, 6.07) is 18.6. The first-order valence-corrected chi connectivity index (χ1v) is 13.2. The number of fused-ring (bicyclic) bond motifs is 1. The minimum Gasteiger partial charge on any atom is -0.508 e. The van der Waals surface area contributed by atoms with Gasteiger partial charge in [-0.1, -0.05) is 23.7 Å². The van der Waals surface area contributed by atoms with Crippen LogP contribution in [0.25, 0.3) is 11.1 Å². The molecule has 0 radical (unpaired) electrons. The number of nitrogens with one attached hydrogen (secondary N) is 1. The maximum atomic E-state index is 12.9. The molecule has 3 aromatic carbocycles. The Kier molecular flexibility index (Phi) is 6.45. The van der Waals surface area contributed by atoms with Crippen molar-refractivity contribution in [1.82, 2.24) is 9.47 Å². The molecule has 2 heterocycles. The van der Waals surface area contributed by atoms with E-state index in [9.17, 15) is 13.5 Å². The second-order valence-electron chi connectivity index (χ2n) is 8.27. The monoisotopic (exact) mass is 530 g/mol. The number of hydrogen-bond acceptors (Lipinski definition) is 7. The number of phenols is 1. The lowest BCUT2D eigenvalue weighted by molar-refractivity contribution is 0.204. The van der Waals surface area contributed by atoms with Crippen molar-refractivity contribution in [3.05, 3.63) is 76.6 Å². The molecule has 35 heavy (non-hydrogen) atoms. The lowest BCUT2D eigenvalue weighted by atomic mass is 10.2. The molecular weight excluding hydrogens is 508 g/mol. The first-order valence-electron chi connectivity index (χ1n) is 11.0. The number of rotatable bonds is 6. The molecule has 2 N–H and O–H groups in total. The van der Waals surface area contributed by atoms with Crippen molar-refractivity contribution in [3.63, 3.8) is 0 Å². The molecule has 5 rings (SSSR count). The van der Waals surface area contributed by atoms with Gasteiger partial charge in [-0.25, -0.2) is 8.42 Å². The van der Waals surface area contributed by atoms with Crippen molar-refractivity contribution < 1.29 is 17.9 Å². The summed E-state index contributed by atoms with van der Waals surface area (Å²) in [5.41, 5.74) is 2.51. The summed E-state index contributed by atoms with van der Waals surface area (Å²) in [6.07, 6.45) is 0. The fraction of sp³-hybridized carbons (Fsp3) is 0.208. The van der Waals surface area contributed by atoms with Gasteiger partial charge in [0.1, 0.15) is 5.75 Å². The van der Waals surface area contributed by atoms with Crippen molar-refractivity contribution in [2.75, 3.05) is 35.8 Å². The summed E-state index contributed by atoms with van der Waals surface area (Å²) in [5, 5.41) is 9.81. The SMILES string of the molecule is O=S(=O)(Nc1ccccc1Cl)c1ccc2c(c1)oc(=S)n2CN1CCN(c2ccc(O)cc2)CC1. The van der Waals surface area contributed by atoms with Crippen molar-refractivity contribution in [2.45, 2.75) is 11.6 Å². The first-order chi connectivity index (χ1) is 16.8. The molecule has 0 amide bonds. The number of aromatic hydroxyl groups is 1. The molecule has 11 heteroatoms. The molecule has 0 unspecified atom stereocenters. The topological polar surface area (TPSA) is 91.0 Å². The smallest absolute Gasteiger partial charge is 0.270 e. The van der Waals surface area contributed by atoms with Gasteiger partial charge in [0, 0.05) is 37.9 Å². The Morgan fingerprint density at radius 3 is 2.43 bits per heavy atom. The van der Waals surface area contributed by atoms with Gasteiger partial charge in [-0.15, -0.1) is 0 Å². The van der Waals surface area contributed by atoms with Crippen LogP contribution in [-0.4, -0.2) is 49.2 Å². The Labute approximate surface area is 213 Å². The van der Waals surface area contributed by atoms with Crippen LogP contribution in [0.5, 0.6) is 5.75 Å². The number of halogens is 1. The van der Waals surface area contributed by atoms with Crippen LogP contribution in [0.15, 0.2) is 76.0 Å². The molecular formula is C24H23ClN4O4S2. The molecule has 0 spiro atoms. The number of piperazine rings is 1. The van der Waals surface area contributed by atoms with Gasteiger partial charge in [0.05, 0.1) is 27.8 Å². The van der Waals surface area contributed by atoms with Crippen LogP contribution in [0.2, 0.25) is 5.02 Å². The number of aromatic nitrogens is 1. The van der Waals surface area contributed by atoms with Gasteiger partial charge >= 0.3 is 0 Å². The van der Waals surface area contributed by atoms with Gasteiger partial charge in [-0.05, 0) is 60.7 Å². The highest BCUT2D eigenvalue weighted by Crippen LogP contribution is 2.27. The lowest BCUT2D eigenvalue weighted by Gasteiger charge is -2.36. The van der Waals surface area contributed by atoms with E-state index in [0.717, 1.165) is 37.4 Å². The van der Waals surface area contributed by atoms with Crippen LogP contribution < -0.4 is 9.62 Å². The third-order valence-electron chi connectivity index (χ3n) is 6.00. The zero-order valence-corrected chi connectivity index (χ0v) is 21.0. The maximum absolute atomic E-state index is 12.9. The van der Waals surface area contributed by atoms with Crippen LogP contribution >= 0.6 is 23.8 Å². The van der Waals surface area contributed by atoms with Crippen molar-refractivity contribution in [3.8, 4) is 5.75 Å². The summed E-state index contributed by atoms with van der Waals surface area (Å²) in [7, 11) is -3.86. The fourth-order valence-electron chi connectivity index (χ4n) is 4.11. The summed E-state index contributed by atoms with van der Waals surface area (Å²) >= 11 is 11.5. The standard InChI is InChI=1S/C24H23ClN4O4S2/c25-20-3-1-2-4-21(20)26-35(31,32)19-9-10-22-23(15-19)33-24(34)29(22)16-27-11-13-28(14-12-27)17-5-7-18(30)8-6-17/h1-10,15,26,30H,11-14,16H2. The number of anilines is 2. The minimum atomic E-state index is -3.86. The third-order valence-corrected chi connectivity index (χ3v) is 7.99. The third kappa shape index (κ3) is 5.01. The Morgan fingerprint density at radius 2 is 1.71 bits per heavy atom. The van der Waals surface area contributed by atoms with Gasteiger partial charge in [0.25, 0.3) is 14.9 Å². The second-order valence-corrected chi connectivity index (χ2v) is 10.7. The van der Waals surface area contributed by atoms with Crippen LogP contribution in [0.3, 0.4) is 0 Å². The van der Waals surface area contributed by atoms with E-state index in [1.54, 1.807) is 42.5 Å². The molecule has 1 saturated heterocycles. The average molecular weight is 531 g/mol. The van der Waals surface area contributed by atoms with Crippen molar-refractivity contribution >= 4 is 56.3 Å². The Morgan fingerprint density at radius 1 is 1.00 bits per heavy atom. The number of sulfonamides is 1. The Balaban J connectivity index is 1.31. The minimum absolute atomic E-state index is 0.0586. The van der Waals surface area contributed by atoms with Crippen molar-refractivity contribution in [1.29, 1.82) is 0 Å². The number of nitrogens with zero attached hydrogens (tertiary/aromatic N) is 3. The number of hydrogen-bond donors (Lipinski definition) is 2. The molecule has 0 bridgehead atoms. The van der Waals surface area contributed by atoms with Gasteiger partial charge in [0.2, 0.25) is 0 Å². The molecule has 1 aliphatic heterocycles. The van der Waals surface area contributed by atoms with Gasteiger partial charge in [-0.3, -0.25) is 14.2 Å². The quantitative estimate of drug-likeness (QED) is 0.342. The molecule has 0 saturated carbocycles. The van der Waals surface area contributed by atoms with E-state index in [0.29, 0.717) is 23.0 Å². The largest absolute Gasteiger partial charge is 0.508 e. The number of oxazole rings is 1. The maximum Gasteiger partial charge on any atom is 0.270 e. The predicted molar refractivity (Wildman–Crippen MR) is 139 cm³/mol. The van der Waals surface area contributed by atoms with Crippen LogP contribution in [0.1, 0.15) is 0 Å². The molecule has 0 aliphatic carbocycles. The van der Waals surface area contributed by atoms with E-state index in [1.165, 1.54) is 12.1 Å². The van der Waals surface area contributed by atoms with E-state index in [2.05, 4.69) is 14.5 Å². The fourth-order valence-corrected chi connectivity index (χ4v) is 5.69. The van der Waals surface area contributed by atoms with E-state index >= 15 is 0 Å². The number of benzene rings is 3. The average Bonchev–Trinajstić information content (AvgIpc) is 3.16. The molecule has 4 aromatic rings. The zero-order chi connectivity index (χ0) is 24.6. The molecule has 1 aliphatic rings. The van der Waals surface area contributed by atoms with Crippen LogP contribution in [-0.2, 0) is 16.7 Å². The Bertz CT molecular complexity index is 1530. The predicted octanol–water partition coefficient (Wildman–Crippen LogP) is 4.90. The summed E-state index contributed by atoms with van der Waals surface area (Å²) in [6.45, 7) is 3.86. The number of phenolic OH excluding ortho intramolecular Hbond substituents is 1. The van der Waals surface area contributed by atoms with Crippen LogP contribution in [0.4, 0.5) is 11.4 Å². The van der Waals surface area contributed by atoms with Gasteiger partial charge in [0.15, 0.2) is 5.58 Å². The first kappa shape index (κ1) is 23.7. The Hall–Kier alpha value is -3.05. The molecule has 182 valence electrons. The van der Waals surface area contributed by atoms with E-state index in [1.807, 2.05) is 16.7 Å². The molecule has 0 atom stereocenters. The van der Waals surface area contributed by atoms with Crippen LogP contribution in [0, 0.1) is 4.84 Å². The van der Waals surface area contributed by atoms with Gasteiger partial charge < -0.3 is 14.4 Å². The van der Waals surface area contributed by atoms with E-state index in [4.69, 9.17) is 28.2 Å². The molecule has 8 nitrogen and oxygen atoms in total. The summed E-state index contributed by atoms with van der Waals surface area (Å²) < 4.78 is 35.9. The highest BCUT2D eigenvalue weighted by Gasteiger charge is 2.21. The second kappa shape index (κ2) is 9.54. The molecule has 1 aromatic heterocycles. The zero-order valence-electron chi connectivity index (χ0n) is 18.6. The van der Waals surface area contributed by atoms with Crippen molar-refractivity contribution in [2.24, 2.45) is 0 Å². The lowest BCUT2D eigenvalue weighted by Crippen LogP contribution is -2.46.